The predicted octanol–water partition coefficient (Wildman–Crippen LogP) is 3.51. The summed E-state index contributed by atoms with van der Waals surface area (Å²) in [5, 5.41) is 4.86. The van der Waals surface area contributed by atoms with Crippen molar-refractivity contribution in [1.29, 1.82) is 0 Å². The summed E-state index contributed by atoms with van der Waals surface area (Å²) in [5.74, 6) is -0.225. The highest BCUT2D eigenvalue weighted by atomic mass is 16.5. The number of carbonyl (C=O) groups excluding carboxylic acids is 2. The van der Waals surface area contributed by atoms with Crippen LogP contribution in [0.15, 0.2) is 72.8 Å². The molecule has 5 heteroatoms. The highest BCUT2D eigenvalue weighted by Crippen LogP contribution is 2.20. The Morgan fingerprint density at radius 3 is 2.39 bits per heavy atom. The van der Waals surface area contributed by atoms with Crippen molar-refractivity contribution in [2.45, 2.75) is 19.4 Å². The summed E-state index contributed by atoms with van der Waals surface area (Å²) in [6.07, 6.45) is 0.362. The molecule has 144 valence electrons. The van der Waals surface area contributed by atoms with Crippen molar-refractivity contribution in [1.82, 2.24) is 5.32 Å². The lowest BCUT2D eigenvalue weighted by Crippen LogP contribution is -2.45. The van der Waals surface area contributed by atoms with Gasteiger partial charge in [-0.2, -0.15) is 0 Å². The highest BCUT2D eigenvalue weighted by Gasteiger charge is 2.22. The molecule has 3 rings (SSSR count). The number of esters is 1. The van der Waals surface area contributed by atoms with Crippen LogP contribution in [-0.2, 0) is 20.7 Å². The van der Waals surface area contributed by atoms with E-state index in [2.05, 4.69) is 5.32 Å². The van der Waals surface area contributed by atoms with Gasteiger partial charge in [0.05, 0.1) is 6.61 Å². The number of benzene rings is 3. The smallest absolute Gasteiger partial charge is 0.328 e. The van der Waals surface area contributed by atoms with Crippen molar-refractivity contribution in [2.75, 3.05) is 13.2 Å². The first kappa shape index (κ1) is 19.4. The second kappa shape index (κ2) is 9.55. The molecule has 0 spiro atoms. The van der Waals surface area contributed by atoms with Crippen LogP contribution in [-0.4, -0.2) is 31.1 Å². The Hall–Kier alpha value is -3.34. The van der Waals surface area contributed by atoms with Crippen LogP contribution in [0.3, 0.4) is 0 Å². The first-order valence-electron chi connectivity index (χ1n) is 9.27. The molecule has 1 N–H and O–H groups in total. The number of nitrogens with one attached hydrogen (secondary N) is 1. The van der Waals surface area contributed by atoms with E-state index < -0.39 is 12.0 Å². The predicted molar refractivity (Wildman–Crippen MR) is 108 cm³/mol. The van der Waals surface area contributed by atoms with E-state index in [-0.39, 0.29) is 19.1 Å². The van der Waals surface area contributed by atoms with E-state index in [9.17, 15) is 9.59 Å². The van der Waals surface area contributed by atoms with E-state index in [1.165, 1.54) is 0 Å². The number of hydrogen-bond acceptors (Lipinski definition) is 4. The van der Waals surface area contributed by atoms with Crippen molar-refractivity contribution < 1.29 is 19.1 Å². The molecular weight excluding hydrogens is 354 g/mol. The van der Waals surface area contributed by atoms with Crippen molar-refractivity contribution in [3.8, 4) is 5.75 Å². The maximum absolute atomic E-state index is 12.3. The largest absolute Gasteiger partial charge is 0.484 e. The molecule has 0 aromatic heterocycles. The molecule has 0 radical (unpaired) electrons. The molecule has 0 fully saturated rings. The molecule has 0 saturated heterocycles. The van der Waals surface area contributed by atoms with E-state index in [1.54, 1.807) is 6.92 Å². The Morgan fingerprint density at radius 2 is 1.64 bits per heavy atom. The number of hydrogen-bond donors (Lipinski definition) is 1. The van der Waals surface area contributed by atoms with Crippen LogP contribution in [0.4, 0.5) is 0 Å². The van der Waals surface area contributed by atoms with Gasteiger partial charge in [0.25, 0.3) is 5.91 Å². The van der Waals surface area contributed by atoms with Crippen molar-refractivity contribution in [2.24, 2.45) is 0 Å². The Bertz CT molecular complexity index is 939. The van der Waals surface area contributed by atoms with Crippen LogP contribution in [0.2, 0.25) is 0 Å². The summed E-state index contributed by atoms with van der Waals surface area (Å²) in [6, 6.07) is 22.3. The maximum Gasteiger partial charge on any atom is 0.328 e. The van der Waals surface area contributed by atoms with Crippen LogP contribution in [0.25, 0.3) is 10.8 Å². The SMILES string of the molecule is CCOC(=O)C(Cc1ccccc1)NC(=O)COc1ccc2ccccc2c1. The third-order valence-electron chi connectivity index (χ3n) is 4.28. The number of rotatable bonds is 8. The van der Waals surface area contributed by atoms with Crippen LogP contribution >= 0.6 is 0 Å². The lowest BCUT2D eigenvalue weighted by Gasteiger charge is -2.17. The fourth-order valence-corrected chi connectivity index (χ4v) is 2.93. The second-order valence-electron chi connectivity index (χ2n) is 6.36. The minimum atomic E-state index is -0.755. The molecule has 3 aromatic rings. The molecule has 0 heterocycles. The third-order valence-corrected chi connectivity index (χ3v) is 4.28. The van der Waals surface area contributed by atoms with Gasteiger partial charge in [-0.3, -0.25) is 4.79 Å². The molecular formula is C23H23NO4. The van der Waals surface area contributed by atoms with E-state index in [0.29, 0.717) is 12.2 Å². The third kappa shape index (κ3) is 5.33. The number of fused-ring (bicyclic) bond motifs is 1. The zero-order chi connectivity index (χ0) is 19.8. The summed E-state index contributed by atoms with van der Waals surface area (Å²) in [7, 11) is 0. The Morgan fingerprint density at radius 1 is 0.929 bits per heavy atom. The van der Waals surface area contributed by atoms with Crippen LogP contribution in [0.1, 0.15) is 12.5 Å². The normalized spacial score (nSPS) is 11.6. The summed E-state index contributed by atoms with van der Waals surface area (Å²) in [5.41, 5.74) is 0.941. The molecule has 1 atom stereocenters. The number of ether oxygens (including phenoxy) is 2. The fourth-order valence-electron chi connectivity index (χ4n) is 2.93. The van der Waals surface area contributed by atoms with Gasteiger partial charge in [0, 0.05) is 6.42 Å². The quantitative estimate of drug-likeness (QED) is 0.610. The zero-order valence-electron chi connectivity index (χ0n) is 15.8. The molecule has 0 aliphatic heterocycles. The van der Waals surface area contributed by atoms with Crippen LogP contribution in [0, 0.1) is 0 Å². The van der Waals surface area contributed by atoms with Gasteiger partial charge in [-0.05, 0) is 35.4 Å². The summed E-state index contributed by atoms with van der Waals surface area (Å²) >= 11 is 0. The Balaban J connectivity index is 1.61. The molecule has 0 bridgehead atoms. The fraction of sp³-hybridized carbons (Fsp3) is 0.217. The summed E-state index contributed by atoms with van der Waals surface area (Å²) in [4.78, 5) is 24.6. The molecule has 0 saturated carbocycles. The average Bonchev–Trinajstić information content (AvgIpc) is 2.72. The molecule has 5 nitrogen and oxygen atoms in total. The topological polar surface area (TPSA) is 64.6 Å². The number of carbonyl (C=O) groups is 2. The average molecular weight is 377 g/mol. The lowest BCUT2D eigenvalue weighted by molar-refractivity contribution is -0.147. The van der Waals surface area contributed by atoms with Gasteiger partial charge >= 0.3 is 5.97 Å². The first-order chi connectivity index (χ1) is 13.7. The molecule has 1 unspecified atom stereocenters. The summed E-state index contributed by atoms with van der Waals surface area (Å²) < 4.78 is 10.7. The molecule has 3 aromatic carbocycles. The van der Waals surface area contributed by atoms with Crippen LogP contribution in [0.5, 0.6) is 5.75 Å². The van der Waals surface area contributed by atoms with E-state index >= 15 is 0 Å². The molecule has 0 aliphatic carbocycles. The van der Waals surface area contributed by atoms with Gasteiger partial charge < -0.3 is 14.8 Å². The zero-order valence-corrected chi connectivity index (χ0v) is 15.8. The van der Waals surface area contributed by atoms with E-state index in [1.807, 2.05) is 72.8 Å². The minimum absolute atomic E-state index is 0.178. The summed E-state index contributed by atoms with van der Waals surface area (Å²) in [6.45, 7) is 1.82. The van der Waals surface area contributed by atoms with Gasteiger partial charge in [0.15, 0.2) is 6.61 Å². The van der Waals surface area contributed by atoms with Crippen LogP contribution < -0.4 is 10.1 Å². The maximum atomic E-state index is 12.3. The van der Waals surface area contributed by atoms with E-state index in [4.69, 9.17) is 9.47 Å². The van der Waals surface area contributed by atoms with Crippen molar-refractivity contribution >= 4 is 22.6 Å². The lowest BCUT2D eigenvalue weighted by atomic mass is 10.1. The molecule has 28 heavy (non-hydrogen) atoms. The molecule has 1 amide bonds. The Kier molecular flexibility index (Phi) is 6.63. The van der Waals surface area contributed by atoms with Gasteiger partial charge in [0.2, 0.25) is 0 Å². The molecule has 0 aliphatic rings. The first-order valence-corrected chi connectivity index (χ1v) is 9.27. The van der Waals surface area contributed by atoms with Gasteiger partial charge in [0.1, 0.15) is 11.8 Å². The standard InChI is InChI=1S/C23H23NO4/c1-2-27-23(26)21(14-17-8-4-3-5-9-17)24-22(25)16-28-20-13-12-18-10-6-7-11-19(18)15-20/h3-13,15,21H,2,14,16H2,1H3,(H,24,25). The van der Waals surface area contributed by atoms with Gasteiger partial charge in [-0.15, -0.1) is 0 Å². The highest BCUT2D eigenvalue weighted by molar-refractivity contribution is 5.86. The number of amides is 1. The van der Waals surface area contributed by atoms with Crippen molar-refractivity contribution in [3.05, 3.63) is 78.4 Å². The van der Waals surface area contributed by atoms with Crippen molar-refractivity contribution in [3.63, 3.8) is 0 Å². The monoisotopic (exact) mass is 377 g/mol. The van der Waals surface area contributed by atoms with Gasteiger partial charge in [-0.25, -0.2) is 4.79 Å². The van der Waals surface area contributed by atoms with E-state index in [0.717, 1.165) is 16.3 Å². The minimum Gasteiger partial charge on any atom is -0.484 e. The van der Waals surface area contributed by atoms with Gasteiger partial charge in [-0.1, -0.05) is 60.7 Å². The Labute approximate surface area is 164 Å². The second-order valence-corrected chi connectivity index (χ2v) is 6.36.